The van der Waals surface area contributed by atoms with E-state index in [2.05, 4.69) is 32.9 Å². The number of rotatable bonds is 16. The Morgan fingerprint density at radius 3 is 1.75 bits per heavy atom. The summed E-state index contributed by atoms with van der Waals surface area (Å²) in [5.74, 6) is -9.40. The second kappa shape index (κ2) is 32.0. The van der Waals surface area contributed by atoms with Crippen molar-refractivity contribution in [2.45, 2.75) is 152 Å². The molecular weight excluding hydrogens is 1130 g/mol. The normalized spacial score (nSPS) is 26.5. The summed E-state index contributed by atoms with van der Waals surface area (Å²) < 4.78 is 10.3. The molecule has 0 saturated carbocycles. The third-order valence-corrected chi connectivity index (χ3v) is 15.9. The molecule has 87 heavy (non-hydrogen) atoms. The zero-order valence-corrected chi connectivity index (χ0v) is 49.8. The molecule has 6 amide bonds. The predicted octanol–water partition coefficient (Wildman–Crippen LogP) is 0.859. The van der Waals surface area contributed by atoms with Crippen LogP contribution < -0.4 is 26.0 Å². The van der Waals surface area contributed by atoms with Gasteiger partial charge in [-0.2, -0.15) is 0 Å². The monoisotopic (exact) mass is 1210 g/mol. The molecule has 0 bridgehead atoms. The number of unbranched alkanes of at least 4 members (excludes halogenated alkanes) is 2. The lowest BCUT2D eigenvalue weighted by atomic mass is 9.86. The number of hydrogen-bond donors (Lipinski definition) is 13. The second-order valence-corrected chi connectivity index (χ2v) is 22.6. The van der Waals surface area contributed by atoms with Crippen LogP contribution >= 0.6 is 0 Å². The fourth-order valence-electron chi connectivity index (χ4n) is 10.7. The lowest BCUT2D eigenvalue weighted by Crippen LogP contribution is -2.61. The number of aliphatic hydroxyl groups excluding tert-OH is 8. The van der Waals surface area contributed by atoms with Crippen LogP contribution in [0.4, 0.5) is 0 Å². The number of methoxy groups -OCH3 is 1. The van der Waals surface area contributed by atoms with E-state index in [1.54, 1.807) is 19.2 Å². The van der Waals surface area contributed by atoms with Gasteiger partial charge in [-0.05, 0) is 91.4 Å². The highest BCUT2D eigenvalue weighted by molar-refractivity contribution is 6.00. The van der Waals surface area contributed by atoms with Crippen LogP contribution in [0.5, 0.6) is 11.5 Å². The van der Waals surface area contributed by atoms with Crippen molar-refractivity contribution >= 4 is 41.2 Å². The molecule has 0 aliphatic carbocycles. The topological polar surface area (TPSA) is 375 Å². The Balaban J connectivity index is 0.00000232. The molecule has 0 spiro atoms. The Labute approximate surface area is 505 Å². The van der Waals surface area contributed by atoms with Crippen LogP contribution in [-0.2, 0) is 33.5 Å². The highest BCUT2D eigenvalue weighted by Crippen LogP contribution is 2.32. The number of phenols is 1. The number of aromatic hydroxyl groups is 1. The molecule has 4 aromatic rings. The first-order valence-corrected chi connectivity index (χ1v) is 29.3. The number of carbonyl (C=O) groups excluding carboxylic acids is 7. The lowest BCUT2D eigenvalue weighted by Gasteiger charge is -2.33. The van der Waals surface area contributed by atoms with Crippen LogP contribution in [0.15, 0.2) is 97.1 Å². The van der Waals surface area contributed by atoms with Gasteiger partial charge in [0, 0.05) is 50.9 Å². The van der Waals surface area contributed by atoms with Crippen molar-refractivity contribution in [1.82, 2.24) is 31.1 Å². The molecule has 13 N–H and O–H groups in total. The van der Waals surface area contributed by atoms with Gasteiger partial charge in [0.1, 0.15) is 41.8 Å². The van der Waals surface area contributed by atoms with Crippen molar-refractivity contribution in [2.24, 2.45) is 11.8 Å². The summed E-state index contributed by atoms with van der Waals surface area (Å²) in [7, 11) is 1.55. The molecule has 7 rings (SSSR count). The quantitative estimate of drug-likeness (QED) is 0.0692. The van der Waals surface area contributed by atoms with Gasteiger partial charge >= 0.3 is 0 Å². The fourth-order valence-corrected chi connectivity index (χ4v) is 10.7. The van der Waals surface area contributed by atoms with Gasteiger partial charge in [0.05, 0.1) is 74.4 Å². The molecule has 3 heterocycles. The number of carbonyl (C=O) groups is 7. The van der Waals surface area contributed by atoms with E-state index >= 15 is 0 Å². The summed E-state index contributed by atoms with van der Waals surface area (Å²) >= 11 is 0. The van der Waals surface area contributed by atoms with E-state index in [-0.39, 0.29) is 30.0 Å². The number of ether oxygens (including phenoxy) is 2. The predicted molar refractivity (Wildman–Crippen MR) is 317 cm³/mol. The van der Waals surface area contributed by atoms with Crippen molar-refractivity contribution in [3.8, 4) is 33.8 Å². The molecule has 4 aromatic carbocycles. The van der Waals surface area contributed by atoms with Crippen LogP contribution in [0.3, 0.4) is 0 Å². The highest BCUT2D eigenvalue weighted by Gasteiger charge is 2.50. The van der Waals surface area contributed by atoms with Crippen LogP contribution in [0.1, 0.15) is 95.2 Å². The number of phenolic OH excluding ortho intramolecular Hbond substituents is 1. The van der Waals surface area contributed by atoms with Crippen molar-refractivity contribution < 1.29 is 89.0 Å². The molecule has 0 aromatic heterocycles. The lowest BCUT2D eigenvalue weighted by molar-refractivity contribution is -0.148. The zero-order chi connectivity index (χ0) is 63.8. The Hall–Kier alpha value is -7.39. The van der Waals surface area contributed by atoms with Crippen LogP contribution in [0, 0.1) is 11.8 Å². The number of benzene rings is 4. The first-order chi connectivity index (χ1) is 41.4. The second-order valence-electron chi connectivity index (χ2n) is 22.6. The third kappa shape index (κ3) is 17.9. The molecule has 24 heteroatoms. The number of hydrogen-bond acceptors (Lipinski definition) is 18. The highest BCUT2D eigenvalue weighted by atomic mass is 16.5. The van der Waals surface area contributed by atoms with Crippen molar-refractivity contribution in [3.05, 3.63) is 108 Å². The molecule has 474 valence electrons. The summed E-state index contributed by atoms with van der Waals surface area (Å²) in [4.78, 5) is 103. The molecule has 0 radical (unpaired) electrons. The molecule has 3 fully saturated rings. The van der Waals surface area contributed by atoms with Gasteiger partial charge in [-0.15, -0.1) is 0 Å². The Morgan fingerprint density at radius 2 is 1.22 bits per heavy atom. The van der Waals surface area contributed by atoms with Gasteiger partial charge in [-0.3, -0.25) is 33.6 Å². The smallest absolute Gasteiger partial charge is 0.251 e. The summed E-state index contributed by atoms with van der Waals surface area (Å²) in [6.07, 6.45) is -10.9. The average molecular weight is 1210 g/mol. The van der Waals surface area contributed by atoms with E-state index in [1.165, 1.54) is 50.2 Å². The van der Waals surface area contributed by atoms with Crippen LogP contribution in [-0.4, -0.2) is 210 Å². The summed E-state index contributed by atoms with van der Waals surface area (Å²) in [5, 5.41) is 107. The average Bonchev–Trinajstić information content (AvgIpc) is 2.33. The number of amides is 6. The van der Waals surface area contributed by atoms with Crippen LogP contribution in [0.2, 0.25) is 0 Å². The maximum Gasteiger partial charge on any atom is 0.251 e. The molecular formula is C63H84N6O18. The summed E-state index contributed by atoms with van der Waals surface area (Å²) in [6, 6.07) is 16.9. The van der Waals surface area contributed by atoms with E-state index in [0.717, 1.165) is 70.9 Å². The number of aliphatic hydroxyl groups is 8. The Kier molecular flexibility index (Phi) is 25.3. The van der Waals surface area contributed by atoms with E-state index in [0.29, 0.717) is 13.2 Å². The number of Topliss-reactive ketones (excluding diaryl/α,β-unsaturated/α-hetero) is 1. The van der Waals surface area contributed by atoms with E-state index in [4.69, 9.17) is 9.84 Å². The van der Waals surface area contributed by atoms with Crippen molar-refractivity contribution in [2.75, 3.05) is 40.0 Å². The fraction of sp³-hybridized carbons (Fsp3) is 0.508. The van der Waals surface area contributed by atoms with Gasteiger partial charge in [0.2, 0.25) is 29.5 Å². The first kappa shape index (κ1) is 68.7. The Bertz CT molecular complexity index is 2930. The molecule has 5 unspecified atom stereocenters. The SMILES string of the molecule is CCCCCOc1ccc(-c2ccc(-c3ccc(C(=O)N[C@H]4C[C@@H](O)[C@@H](C)NC(=O)C5[C@@H](O)[C@@H](C)CN5C(=O)C([C@@H](C)O)NC(=O)C([C@H](O)[C@@H](O)c5ccc(O)cc5)CC(=O)C5C[C@@H](O)CN5C(=O)C([C@@H](C)O)NC4=O)cc3)cc2)cc1.COCCO. The maximum absolute atomic E-state index is 14.5. The molecule has 15 atom stereocenters. The largest absolute Gasteiger partial charge is 0.508 e. The minimum absolute atomic E-state index is 0.0141. The number of ketones is 1. The van der Waals surface area contributed by atoms with E-state index in [9.17, 15) is 74.4 Å². The number of nitrogens with one attached hydrogen (secondary N) is 4. The maximum atomic E-state index is 14.5. The van der Waals surface area contributed by atoms with Gasteiger partial charge in [-0.1, -0.05) is 87.4 Å². The molecule has 3 saturated heterocycles. The van der Waals surface area contributed by atoms with Gasteiger partial charge < -0.3 is 86.5 Å². The van der Waals surface area contributed by atoms with E-state index < -0.39 is 158 Å². The number of nitrogens with zero attached hydrogens (tertiary/aromatic N) is 2. The number of fused-ring (bicyclic) bond motifs is 2. The minimum atomic E-state index is -2.15. The van der Waals surface area contributed by atoms with Crippen LogP contribution in [0.25, 0.3) is 22.3 Å². The van der Waals surface area contributed by atoms with Crippen molar-refractivity contribution in [1.29, 1.82) is 0 Å². The third-order valence-electron chi connectivity index (χ3n) is 15.9. The molecule has 3 aliphatic rings. The van der Waals surface area contributed by atoms with Gasteiger partial charge in [0.15, 0.2) is 5.78 Å². The van der Waals surface area contributed by atoms with Crippen molar-refractivity contribution in [3.63, 3.8) is 0 Å². The first-order valence-electron chi connectivity index (χ1n) is 29.3. The summed E-state index contributed by atoms with van der Waals surface area (Å²) in [6.45, 7) is 7.76. The molecule has 3 aliphatic heterocycles. The molecule has 24 nitrogen and oxygen atoms in total. The zero-order valence-electron chi connectivity index (χ0n) is 49.8. The van der Waals surface area contributed by atoms with Gasteiger partial charge in [-0.25, -0.2) is 0 Å². The van der Waals surface area contributed by atoms with E-state index in [1.807, 2.05) is 48.5 Å². The standard InChI is InChI=1S/C60H76N6O16.C3H8O2/c1-6-7-8-25-82-43-23-19-38(20-24-43)36-11-9-35(10-12-36)37-13-15-40(16-14-37)55(76)62-45-28-47(71)32(3)61-58(79)51-52(73)31(2)29-66(51)60(81)50(34(5)68)63-56(77)44(54(75)53(74)39-17-21-41(69)22-18-39)27-48(72)46-26-42(70)30-65(46)59(80)49(33(4)67)64-57(45)78;1-5-3-2-4/h9-24,31-34,42,44-47,49-54,67-71,73-75H,6-8,25-30H2,1-5H3,(H,61,79)(H,62,76)(H,63,77)(H,64,78);4H,2-3H2,1H3/t31-,32+,33+,34+,42+,44?,45-,46?,47+,49?,50?,51?,52-,53-,54-;/m0./s1. The van der Waals surface area contributed by atoms with Gasteiger partial charge in [0.25, 0.3) is 5.91 Å². The Morgan fingerprint density at radius 1 is 0.678 bits per heavy atom. The minimum Gasteiger partial charge on any atom is -0.508 e. The summed E-state index contributed by atoms with van der Waals surface area (Å²) in [5.41, 5.74) is 3.61.